The number of nitrogens with one attached hydrogen (secondary N) is 1. The average molecular weight is 247 g/mol. The Morgan fingerprint density at radius 3 is 2.78 bits per heavy atom. The van der Waals surface area contributed by atoms with Crippen molar-refractivity contribution >= 4 is 11.6 Å². The maximum Gasteiger partial charge on any atom is 0.250 e. The summed E-state index contributed by atoms with van der Waals surface area (Å²) in [6, 6.07) is 5.72. The molecule has 0 aliphatic carbocycles. The molecule has 4 heteroatoms. The van der Waals surface area contributed by atoms with E-state index in [0.717, 1.165) is 30.9 Å². The Balaban J connectivity index is 2.52. The van der Waals surface area contributed by atoms with Gasteiger partial charge in [-0.15, -0.1) is 0 Å². The number of rotatable bonds is 2. The monoisotopic (exact) mass is 247 g/mol. The lowest BCUT2D eigenvalue weighted by atomic mass is 9.95. The quantitative estimate of drug-likeness (QED) is 0.827. The number of carbonyl (C=O) groups excluding carboxylic acids is 1. The third kappa shape index (κ3) is 2.20. The first-order chi connectivity index (χ1) is 8.43. The normalized spacial score (nSPS) is 18.7. The summed E-state index contributed by atoms with van der Waals surface area (Å²) in [5.74, 6) is -0.358. The molecule has 1 aliphatic rings. The lowest BCUT2D eigenvalue weighted by Crippen LogP contribution is -2.58. The second-order valence-corrected chi connectivity index (χ2v) is 5.48. The van der Waals surface area contributed by atoms with Crippen molar-refractivity contribution in [2.75, 3.05) is 24.5 Å². The van der Waals surface area contributed by atoms with Gasteiger partial charge < -0.3 is 16.0 Å². The van der Waals surface area contributed by atoms with Crippen LogP contribution in [0.5, 0.6) is 0 Å². The number of primary amides is 1. The van der Waals surface area contributed by atoms with E-state index in [4.69, 9.17) is 5.73 Å². The SMILES string of the molecule is Cc1cccc(C(N)=O)c1N1CCNCC1(C)C. The van der Waals surface area contributed by atoms with Gasteiger partial charge in [-0.25, -0.2) is 0 Å². The fraction of sp³-hybridized carbons (Fsp3) is 0.500. The molecule has 0 saturated carbocycles. The molecule has 0 unspecified atom stereocenters. The summed E-state index contributed by atoms with van der Waals surface area (Å²) in [5.41, 5.74) is 8.18. The third-order valence-corrected chi connectivity index (χ3v) is 3.57. The van der Waals surface area contributed by atoms with Crippen molar-refractivity contribution in [2.45, 2.75) is 26.3 Å². The van der Waals surface area contributed by atoms with Crippen LogP contribution in [0.15, 0.2) is 18.2 Å². The number of benzene rings is 1. The Bertz CT molecular complexity index is 468. The Labute approximate surface area is 108 Å². The molecule has 0 atom stereocenters. The van der Waals surface area contributed by atoms with E-state index >= 15 is 0 Å². The number of carbonyl (C=O) groups is 1. The highest BCUT2D eigenvalue weighted by Gasteiger charge is 2.32. The lowest BCUT2D eigenvalue weighted by molar-refractivity contribution is 0.100. The van der Waals surface area contributed by atoms with Crippen molar-refractivity contribution in [3.8, 4) is 0 Å². The standard InChI is InChI=1S/C14H21N3O/c1-10-5-4-6-11(13(15)18)12(10)17-8-7-16-9-14(17,2)3/h4-6,16H,7-9H2,1-3H3,(H2,15,18). The molecule has 1 heterocycles. The minimum Gasteiger partial charge on any atom is -0.366 e. The molecule has 98 valence electrons. The zero-order chi connectivity index (χ0) is 13.3. The van der Waals surface area contributed by atoms with Gasteiger partial charge in [0.1, 0.15) is 0 Å². The maximum absolute atomic E-state index is 11.6. The molecular formula is C14H21N3O. The van der Waals surface area contributed by atoms with E-state index in [1.165, 1.54) is 0 Å². The number of hydrogen-bond donors (Lipinski definition) is 2. The Morgan fingerprint density at radius 1 is 1.44 bits per heavy atom. The van der Waals surface area contributed by atoms with Crippen LogP contribution in [0, 0.1) is 6.92 Å². The number of hydrogen-bond acceptors (Lipinski definition) is 3. The molecule has 1 saturated heterocycles. The Hall–Kier alpha value is -1.55. The van der Waals surface area contributed by atoms with Gasteiger partial charge in [0.15, 0.2) is 0 Å². The molecule has 1 aromatic rings. The summed E-state index contributed by atoms with van der Waals surface area (Å²) in [6.45, 7) is 9.10. The molecule has 0 bridgehead atoms. The zero-order valence-corrected chi connectivity index (χ0v) is 11.3. The van der Waals surface area contributed by atoms with Gasteiger partial charge in [-0.3, -0.25) is 4.79 Å². The van der Waals surface area contributed by atoms with Crippen LogP contribution in [0.3, 0.4) is 0 Å². The summed E-state index contributed by atoms with van der Waals surface area (Å²) in [7, 11) is 0. The van der Waals surface area contributed by atoms with Gasteiger partial charge >= 0.3 is 0 Å². The van der Waals surface area contributed by atoms with Crippen molar-refractivity contribution in [3.05, 3.63) is 29.3 Å². The van der Waals surface area contributed by atoms with Crippen LogP contribution >= 0.6 is 0 Å². The van der Waals surface area contributed by atoms with Crippen LogP contribution in [0.1, 0.15) is 29.8 Å². The van der Waals surface area contributed by atoms with Crippen molar-refractivity contribution in [1.82, 2.24) is 5.32 Å². The van der Waals surface area contributed by atoms with Gasteiger partial charge in [-0.05, 0) is 32.4 Å². The van der Waals surface area contributed by atoms with Gasteiger partial charge in [-0.2, -0.15) is 0 Å². The maximum atomic E-state index is 11.6. The van der Waals surface area contributed by atoms with Crippen molar-refractivity contribution in [1.29, 1.82) is 0 Å². The fourth-order valence-corrected chi connectivity index (χ4v) is 2.61. The highest BCUT2D eigenvalue weighted by atomic mass is 16.1. The summed E-state index contributed by atoms with van der Waals surface area (Å²) in [6.07, 6.45) is 0. The molecular weight excluding hydrogens is 226 g/mol. The van der Waals surface area contributed by atoms with Crippen molar-refractivity contribution < 1.29 is 4.79 Å². The summed E-state index contributed by atoms with van der Waals surface area (Å²) >= 11 is 0. The number of anilines is 1. The van der Waals surface area contributed by atoms with Crippen molar-refractivity contribution in [3.63, 3.8) is 0 Å². The van der Waals surface area contributed by atoms with Gasteiger partial charge in [0.2, 0.25) is 0 Å². The van der Waals surface area contributed by atoms with E-state index in [1.807, 2.05) is 25.1 Å². The fourth-order valence-electron chi connectivity index (χ4n) is 2.61. The Morgan fingerprint density at radius 2 is 2.17 bits per heavy atom. The summed E-state index contributed by atoms with van der Waals surface area (Å²) in [4.78, 5) is 13.9. The first-order valence-corrected chi connectivity index (χ1v) is 6.31. The average Bonchev–Trinajstić information content (AvgIpc) is 2.29. The largest absolute Gasteiger partial charge is 0.366 e. The molecule has 1 aliphatic heterocycles. The molecule has 4 nitrogen and oxygen atoms in total. The Kier molecular flexibility index (Phi) is 3.30. The number of nitrogens with zero attached hydrogens (tertiary/aromatic N) is 1. The lowest BCUT2D eigenvalue weighted by Gasteiger charge is -2.45. The minimum atomic E-state index is -0.358. The van der Waals surface area contributed by atoms with Gasteiger partial charge in [0.05, 0.1) is 11.3 Å². The van der Waals surface area contributed by atoms with E-state index < -0.39 is 0 Å². The van der Waals surface area contributed by atoms with Crippen LogP contribution in [0.25, 0.3) is 0 Å². The molecule has 1 amide bonds. The van der Waals surface area contributed by atoms with Crippen LogP contribution < -0.4 is 16.0 Å². The first-order valence-electron chi connectivity index (χ1n) is 6.31. The number of para-hydroxylation sites is 1. The predicted octanol–water partition coefficient (Wildman–Crippen LogP) is 1.28. The highest BCUT2D eigenvalue weighted by Crippen LogP contribution is 2.31. The highest BCUT2D eigenvalue weighted by molar-refractivity contribution is 5.99. The molecule has 2 rings (SSSR count). The number of nitrogens with two attached hydrogens (primary N) is 1. The zero-order valence-electron chi connectivity index (χ0n) is 11.3. The van der Waals surface area contributed by atoms with Gasteiger partial charge in [-0.1, -0.05) is 12.1 Å². The van der Waals surface area contributed by atoms with Crippen LogP contribution in [0.4, 0.5) is 5.69 Å². The molecule has 3 N–H and O–H groups in total. The van der Waals surface area contributed by atoms with Gasteiger partial charge in [0, 0.05) is 25.2 Å². The van der Waals surface area contributed by atoms with E-state index in [2.05, 4.69) is 24.1 Å². The van der Waals surface area contributed by atoms with E-state index in [-0.39, 0.29) is 11.4 Å². The van der Waals surface area contributed by atoms with Crippen LogP contribution in [-0.2, 0) is 0 Å². The first kappa shape index (κ1) is 12.9. The molecule has 1 fully saturated rings. The van der Waals surface area contributed by atoms with E-state index in [9.17, 15) is 4.79 Å². The topological polar surface area (TPSA) is 58.4 Å². The van der Waals surface area contributed by atoms with Gasteiger partial charge in [0.25, 0.3) is 5.91 Å². The number of piperazine rings is 1. The molecule has 0 radical (unpaired) electrons. The molecule has 1 aromatic carbocycles. The summed E-state index contributed by atoms with van der Waals surface area (Å²) < 4.78 is 0. The van der Waals surface area contributed by atoms with E-state index in [0.29, 0.717) is 5.56 Å². The van der Waals surface area contributed by atoms with E-state index in [1.54, 1.807) is 0 Å². The second-order valence-electron chi connectivity index (χ2n) is 5.48. The number of aryl methyl sites for hydroxylation is 1. The van der Waals surface area contributed by atoms with Crippen LogP contribution in [0.2, 0.25) is 0 Å². The second kappa shape index (κ2) is 4.61. The molecule has 0 spiro atoms. The molecule has 18 heavy (non-hydrogen) atoms. The third-order valence-electron chi connectivity index (χ3n) is 3.57. The molecule has 0 aromatic heterocycles. The van der Waals surface area contributed by atoms with Crippen molar-refractivity contribution in [2.24, 2.45) is 5.73 Å². The predicted molar refractivity (Wildman–Crippen MR) is 74.0 cm³/mol. The van der Waals surface area contributed by atoms with Crippen LogP contribution in [-0.4, -0.2) is 31.1 Å². The minimum absolute atomic E-state index is 0.0193. The summed E-state index contributed by atoms with van der Waals surface area (Å²) in [5, 5.41) is 3.39. The smallest absolute Gasteiger partial charge is 0.250 e. The number of amides is 1.